The first-order valence-corrected chi connectivity index (χ1v) is 13.4. The molecule has 1 heteroatoms. The van der Waals surface area contributed by atoms with Crippen LogP contribution in [-0.4, -0.2) is 0 Å². The Hall–Kier alpha value is -0.850. The molecule has 0 unspecified atom stereocenters. The smallest absolute Gasteiger partial charge is 0.181 e. The SMILES string of the molecule is CCCCCCCCCCCCCCCCCc1cccc[n+]1CCCCCC. The van der Waals surface area contributed by atoms with E-state index in [4.69, 9.17) is 0 Å². The Balaban J connectivity index is 1.92. The zero-order chi connectivity index (χ0) is 20.8. The van der Waals surface area contributed by atoms with Crippen molar-refractivity contribution >= 4 is 0 Å². The number of unbranched alkanes of at least 4 members (excludes halogenated alkanes) is 17. The molecule has 0 saturated heterocycles. The van der Waals surface area contributed by atoms with Crippen molar-refractivity contribution in [3.63, 3.8) is 0 Å². The van der Waals surface area contributed by atoms with Crippen molar-refractivity contribution in [3.05, 3.63) is 30.1 Å². The van der Waals surface area contributed by atoms with Gasteiger partial charge in [-0.25, -0.2) is 4.57 Å². The Morgan fingerprint density at radius 1 is 0.517 bits per heavy atom. The van der Waals surface area contributed by atoms with Gasteiger partial charge < -0.3 is 0 Å². The fourth-order valence-corrected chi connectivity index (χ4v) is 4.34. The van der Waals surface area contributed by atoms with Gasteiger partial charge in [-0.2, -0.15) is 0 Å². The highest BCUT2D eigenvalue weighted by atomic mass is 14.9. The predicted molar refractivity (Wildman–Crippen MR) is 129 cm³/mol. The number of aryl methyl sites for hydroxylation is 2. The first-order chi connectivity index (χ1) is 14.4. The minimum absolute atomic E-state index is 1.20. The van der Waals surface area contributed by atoms with E-state index in [2.05, 4.69) is 42.8 Å². The van der Waals surface area contributed by atoms with E-state index in [1.165, 1.54) is 135 Å². The highest BCUT2D eigenvalue weighted by molar-refractivity contribution is 4.97. The van der Waals surface area contributed by atoms with E-state index in [0.29, 0.717) is 0 Å². The number of rotatable bonds is 21. The molecule has 0 saturated carbocycles. The molecule has 1 aromatic heterocycles. The molecule has 0 aromatic carbocycles. The number of aromatic nitrogens is 1. The molecule has 0 aliphatic heterocycles. The van der Waals surface area contributed by atoms with Crippen molar-refractivity contribution in [2.75, 3.05) is 0 Å². The van der Waals surface area contributed by atoms with E-state index in [9.17, 15) is 0 Å². The molecule has 0 bridgehead atoms. The normalized spacial score (nSPS) is 11.2. The molecule has 1 nitrogen and oxygen atoms in total. The number of hydrogen-bond donors (Lipinski definition) is 0. The Morgan fingerprint density at radius 3 is 1.48 bits per heavy atom. The largest absolute Gasteiger partial charge is 0.202 e. The van der Waals surface area contributed by atoms with Crippen LogP contribution in [0, 0.1) is 0 Å². The third kappa shape index (κ3) is 15.6. The molecule has 0 aliphatic carbocycles. The van der Waals surface area contributed by atoms with E-state index in [1.54, 1.807) is 5.69 Å². The lowest BCUT2D eigenvalue weighted by molar-refractivity contribution is -0.704. The lowest BCUT2D eigenvalue weighted by atomic mass is 10.0. The van der Waals surface area contributed by atoms with Crippen molar-refractivity contribution in [1.82, 2.24) is 0 Å². The maximum atomic E-state index is 2.50. The van der Waals surface area contributed by atoms with Gasteiger partial charge in [0.1, 0.15) is 6.54 Å². The fourth-order valence-electron chi connectivity index (χ4n) is 4.34. The molecule has 29 heavy (non-hydrogen) atoms. The van der Waals surface area contributed by atoms with E-state index in [0.717, 1.165) is 0 Å². The minimum atomic E-state index is 1.20. The van der Waals surface area contributed by atoms with Crippen molar-refractivity contribution in [2.45, 2.75) is 149 Å². The summed E-state index contributed by atoms with van der Waals surface area (Å²) >= 11 is 0. The topological polar surface area (TPSA) is 3.88 Å². The van der Waals surface area contributed by atoms with Crippen LogP contribution in [0.1, 0.15) is 142 Å². The maximum absolute atomic E-state index is 2.50. The van der Waals surface area contributed by atoms with Gasteiger partial charge >= 0.3 is 0 Å². The Bertz CT molecular complexity index is 453. The summed E-state index contributed by atoms with van der Waals surface area (Å²) in [6.07, 6.45) is 30.6. The van der Waals surface area contributed by atoms with E-state index >= 15 is 0 Å². The minimum Gasteiger partial charge on any atom is -0.202 e. The van der Waals surface area contributed by atoms with E-state index in [1.807, 2.05) is 0 Å². The monoisotopic (exact) mass is 402 g/mol. The molecule has 0 radical (unpaired) electrons. The van der Waals surface area contributed by atoms with Crippen molar-refractivity contribution in [3.8, 4) is 0 Å². The number of pyridine rings is 1. The predicted octanol–water partition coefficient (Wildman–Crippen LogP) is 8.97. The summed E-state index contributed by atoms with van der Waals surface area (Å²) in [5, 5.41) is 0. The highest BCUT2D eigenvalue weighted by Gasteiger charge is 2.08. The van der Waals surface area contributed by atoms with Crippen LogP contribution >= 0.6 is 0 Å². The van der Waals surface area contributed by atoms with Crippen LogP contribution in [0.4, 0.5) is 0 Å². The maximum Gasteiger partial charge on any atom is 0.181 e. The third-order valence-corrected chi connectivity index (χ3v) is 6.32. The van der Waals surface area contributed by atoms with Crippen LogP contribution in [0.2, 0.25) is 0 Å². The van der Waals surface area contributed by atoms with E-state index in [-0.39, 0.29) is 0 Å². The molecule has 0 atom stereocenters. The second-order valence-corrected chi connectivity index (χ2v) is 9.15. The fraction of sp³-hybridized carbons (Fsp3) is 0.821. The molecule has 1 heterocycles. The molecule has 0 fully saturated rings. The van der Waals surface area contributed by atoms with Gasteiger partial charge in [0.15, 0.2) is 11.9 Å². The van der Waals surface area contributed by atoms with Crippen LogP contribution in [0.15, 0.2) is 24.4 Å². The van der Waals surface area contributed by atoms with Crippen LogP contribution in [-0.2, 0) is 13.0 Å². The number of hydrogen-bond acceptors (Lipinski definition) is 0. The average Bonchev–Trinajstić information content (AvgIpc) is 2.75. The molecule has 0 amide bonds. The first kappa shape index (κ1) is 26.2. The Morgan fingerprint density at radius 2 is 0.966 bits per heavy atom. The summed E-state index contributed by atoms with van der Waals surface area (Å²) < 4.78 is 2.50. The average molecular weight is 403 g/mol. The zero-order valence-electron chi connectivity index (χ0n) is 20.1. The van der Waals surface area contributed by atoms with Gasteiger partial charge in [0.25, 0.3) is 0 Å². The third-order valence-electron chi connectivity index (χ3n) is 6.32. The molecule has 0 N–H and O–H groups in total. The summed E-state index contributed by atoms with van der Waals surface area (Å²) in [4.78, 5) is 0. The van der Waals surface area contributed by atoms with Crippen LogP contribution in [0.5, 0.6) is 0 Å². The van der Waals surface area contributed by atoms with Crippen LogP contribution in [0.3, 0.4) is 0 Å². The van der Waals surface area contributed by atoms with Crippen molar-refractivity contribution in [1.29, 1.82) is 0 Å². The first-order valence-electron chi connectivity index (χ1n) is 13.4. The summed E-state index contributed by atoms with van der Waals surface area (Å²) in [5.41, 5.74) is 1.54. The van der Waals surface area contributed by atoms with Gasteiger partial charge in [0.2, 0.25) is 0 Å². The summed E-state index contributed by atoms with van der Waals surface area (Å²) in [6, 6.07) is 6.74. The van der Waals surface area contributed by atoms with Gasteiger partial charge in [0, 0.05) is 25.0 Å². The summed E-state index contributed by atoms with van der Waals surface area (Å²) in [7, 11) is 0. The van der Waals surface area contributed by atoms with Crippen molar-refractivity contribution < 1.29 is 4.57 Å². The molecule has 0 spiro atoms. The Labute approximate surface area is 183 Å². The van der Waals surface area contributed by atoms with Gasteiger partial charge in [-0.15, -0.1) is 0 Å². The number of nitrogens with zero attached hydrogens (tertiary/aromatic N) is 1. The van der Waals surface area contributed by atoms with Crippen LogP contribution < -0.4 is 4.57 Å². The molecule has 0 aliphatic rings. The molecular weight excluding hydrogens is 350 g/mol. The van der Waals surface area contributed by atoms with Crippen molar-refractivity contribution in [2.24, 2.45) is 0 Å². The van der Waals surface area contributed by atoms with E-state index < -0.39 is 0 Å². The summed E-state index contributed by atoms with van der Waals surface area (Å²) in [6.45, 7) is 5.79. The zero-order valence-corrected chi connectivity index (χ0v) is 20.1. The molecular formula is C28H52N+. The summed E-state index contributed by atoms with van der Waals surface area (Å²) in [5.74, 6) is 0. The highest BCUT2D eigenvalue weighted by Crippen LogP contribution is 2.14. The van der Waals surface area contributed by atoms with Crippen LogP contribution in [0.25, 0.3) is 0 Å². The second-order valence-electron chi connectivity index (χ2n) is 9.15. The molecule has 1 rings (SSSR count). The van der Waals surface area contributed by atoms with Gasteiger partial charge in [-0.1, -0.05) is 123 Å². The molecule has 168 valence electrons. The quantitative estimate of drug-likeness (QED) is 0.143. The standard InChI is InChI=1S/C28H52N/c1-3-5-7-9-10-11-12-13-14-15-16-17-18-19-20-24-28-25-21-23-27-29(28)26-22-8-6-4-2/h21,23,25,27H,3-20,22,24,26H2,1-2H3/q+1. The van der Waals surface area contributed by atoms with Gasteiger partial charge in [-0.3, -0.25) is 0 Å². The second kappa shape index (κ2) is 20.4. The lowest BCUT2D eigenvalue weighted by Gasteiger charge is -2.05. The molecule has 1 aromatic rings. The van der Waals surface area contributed by atoms with Gasteiger partial charge in [0.05, 0.1) is 0 Å². The lowest BCUT2D eigenvalue weighted by Crippen LogP contribution is -2.37. The van der Waals surface area contributed by atoms with Gasteiger partial charge in [-0.05, 0) is 12.8 Å². The Kier molecular flexibility index (Phi) is 18.4.